The maximum Gasteiger partial charge on any atom is 0.269 e. The molecule has 0 aromatic heterocycles. The summed E-state index contributed by atoms with van der Waals surface area (Å²) in [5, 5.41) is 10.5. The summed E-state index contributed by atoms with van der Waals surface area (Å²) in [5.74, 6) is -10.6. The number of ether oxygens (including phenoxy) is 2. The number of hydrogen-bond acceptors (Lipinski definition) is 4. The predicted octanol–water partition coefficient (Wildman–Crippen LogP) is 7.89. The summed E-state index contributed by atoms with van der Waals surface area (Å²) in [7, 11) is 0. The molecule has 0 aliphatic heterocycles. The van der Waals surface area contributed by atoms with Gasteiger partial charge >= 0.3 is 0 Å². The molecule has 2 aromatic carbocycles. The Kier molecular flexibility index (Phi) is 10.3. The molecule has 10 heteroatoms. The van der Waals surface area contributed by atoms with Gasteiger partial charge in [0, 0.05) is 12.1 Å². The van der Waals surface area contributed by atoms with Crippen LogP contribution in [0.15, 0.2) is 24.3 Å². The molecule has 0 amide bonds. The maximum atomic E-state index is 13.4. The molecule has 0 aliphatic carbocycles. The van der Waals surface area contributed by atoms with Gasteiger partial charge in [-0.1, -0.05) is 27.7 Å². The van der Waals surface area contributed by atoms with Crippen molar-refractivity contribution in [2.24, 2.45) is 0 Å². The number of hydrogen-bond donors (Lipinski definition) is 0. The van der Waals surface area contributed by atoms with Gasteiger partial charge in [-0.3, -0.25) is 10.1 Å². The van der Waals surface area contributed by atoms with Gasteiger partial charge in [0.15, 0.2) is 5.75 Å². The van der Waals surface area contributed by atoms with E-state index in [1.54, 1.807) is 26.0 Å². The first kappa shape index (κ1) is 29.1. The van der Waals surface area contributed by atoms with E-state index in [-0.39, 0.29) is 11.3 Å². The number of nitro groups is 1. The minimum absolute atomic E-state index is 0.0852. The van der Waals surface area contributed by atoms with Gasteiger partial charge in [0.25, 0.3) is 5.69 Å². The molecule has 0 heterocycles. The Balaban J connectivity index is 0.000000342. The van der Waals surface area contributed by atoms with Crippen LogP contribution >= 0.6 is 0 Å². The zero-order valence-corrected chi connectivity index (χ0v) is 20.1. The smallest absolute Gasteiger partial charge is 0.269 e. The van der Waals surface area contributed by atoms with E-state index in [9.17, 15) is 32.1 Å². The molecule has 0 atom stereocenters. The Morgan fingerprint density at radius 3 is 1.41 bits per heavy atom. The molecule has 2 aromatic rings. The summed E-state index contributed by atoms with van der Waals surface area (Å²) >= 11 is 0. The Hall–Kier alpha value is -2.91. The van der Waals surface area contributed by atoms with Crippen molar-refractivity contribution in [2.45, 2.75) is 78.4 Å². The first-order valence-electron chi connectivity index (χ1n) is 10.9. The highest BCUT2D eigenvalue weighted by Gasteiger charge is 2.31. The predicted molar refractivity (Wildman–Crippen MR) is 119 cm³/mol. The van der Waals surface area contributed by atoms with Crippen LogP contribution in [0.4, 0.5) is 27.6 Å². The van der Waals surface area contributed by atoms with Crippen molar-refractivity contribution in [2.75, 3.05) is 0 Å². The minimum Gasteiger partial charge on any atom is -0.488 e. The largest absolute Gasteiger partial charge is 0.488 e. The second-order valence-corrected chi connectivity index (χ2v) is 8.17. The average molecular weight is 491 g/mol. The van der Waals surface area contributed by atoms with Gasteiger partial charge in [-0.2, -0.15) is 8.78 Å². The Bertz CT molecular complexity index is 945. The molecule has 34 heavy (non-hydrogen) atoms. The summed E-state index contributed by atoms with van der Waals surface area (Å²) in [4.78, 5) is 10.1. The number of halogens is 5. The summed E-state index contributed by atoms with van der Waals surface area (Å²) in [6.45, 7) is 11.1. The topological polar surface area (TPSA) is 61.6 Å². The molecule has 0 N–H and O–H groups in total. The molecular formula is C24H30F5NO4. The molecule has 0 unspecified atom stereocenters. The molecule has 0 bridgehead atoms. The van der Waals surface area contributed by atoms with Crippen LogP contribution in [0, 0.1) is 39.2 Å². The van der Waals surface area contributed by atoms with Crippen LogP contribution in [0.3, 0.4) is 0 Å². The van der Waals surface area contributed by atoms with Gasteiger partial charge < -0.3 is 9.47 Å². The summed E-state index contributed by atoms with van der Waals surface area (Å²) in [6.07, 6.45) is 2.53. The third-order valence-electron chi connectivity index (χ3n) is 5.92. The van der Waals surface area contributed by atoms with Crippen molar-refractivity contribution < 1.29 is 36.3 Å². The maximum absolute atomic E-state index is 13.4. The molecule has 0 saturated carbocycles. The highest BCUT2D eigenvalue weighted by molar-refractivity contribution is 5.36. The number of nitrogens with zero attached hydrogens (tertiary/aromatic N) is 1. The van der Waals surface area contributed by atoms with Crippen LogP contribution in [-0.4, -0.2) is 16.1 Å². The molecule has 190 valence electrons. The van der Waals surface area contributed by atoms with Gasteiger partial charge in [-0.15, -0.1) is 0 Å². The van der Waals surface area contributed by atoms with Crippen LogP contribution in [0.2, 0.25) is 0 Å². The van der Waals surface area contributed by atoms with Crippen LogP contribution in [0.25, 0.3) is 0 Å². The normalized spacial score (nSPS) is 11.5. The van der Waals surface area contributed by atoms with Gasteiger partial charge in [0.05, 0.1) is 4.92 Å². The quantitative estimate of drug-likeness (QED) is 0.118. The number of nitro benzene ring substituents is 1. The second kappa shape index (κ2) is 12.0. The van der Waals surface area contributed by atoms with E-state index in [1.165, 1.54) is 19.1 Å². The lowest BCUT2D eigenvalue weighted by Gasteiger charge is -2.28. The van der Waals surface area contributed by atoms with Crippen LogP contribution in [0.1, 0.15) is 67.2 Å². The molecule has 2 rings (SSSR count). The van der Waals surface area contributed by atoms with Gasteiger partial charge in [-0.25, -0.2) is 13.2 Å². The first-order valence-corrected chi connectivity index (χ1v) is 10.9. The third kappa shape index (κ3) is 7.04. The van der Waals surface area contributed by atoms with E-state index >= 15 is 0 Å². The lowest BCUT2D eigenvalue weighted by Crippen LogP contribution is -2.31. The highest BCUT2D eigenvalue weighted by Crippen LogP contribution is 2.33. The molecule has 0 saturated heterocycles. The molecule has 0 radical (unpaired) electrons. The molecule has 0 spiro atoms. The Labute approximate surface area is 196 Å². The Morgan fingerprint density at radius 2 is 1.06 bits per heavy atom. The number of rotatable bonds is 9. The van der Waals surface area contributed by atoms with Crippen molar-refractivity contribution in [3.8, 4) is 11.5 Å². The second-order valence-electron chi connectivity index (χ2n) is 8.17. The van der Waals surface area contributed by atoms with Gasteiger partial charge in [0.2, 0.25) is 29.1 Å². The van der Waals surface area contributed by atoms with E-state index < -0.39 is 45.4 Å². The SMILES string of the molecule is CCC(C)(CC)Oc1c(F)c(F)c(F)c(F)c1F.CCC(C)(CC)Oc1ccc([N+](=O)[O-])cc1. The highest BCUT2D eigenvalue weighted by atomic mass is 19.2. The van der Waals surface area contributed by atoms with Crippen molar-refractivity contribution in [1.82, 2.24) is 0 Å². The van der Waals surface area contributed by atoms with E-state index in [0.717, 1.165) is 12.8 Å². The Morgan fingerprint density at radius 1 is 0.706 bits per heavy atom. The third-order valence-corrected chi connectivity index (χ3v) is 5.92. The fraction of sp³-hybridized carbons (Fsp3) is 0.500. The number of benzene rings is 2. The van der Waals surface area contributed by atoms with Crippen molar-refractivity contribution in [3.05, 3.63) is 63.5 Å². The van der Waals surface area contributed by atoms with Crippen LogP contribution in [-0.2, 0) is 0 Å². The lowest BCUT2D eigenvalue weighted by atomic mass is 10.00. The summed E-state index contributed by atoms with van der Waals surface area (Å²) in [5.41, 5.74) is -1.10. The first-order chi connectivity index (χ1) is 15.8. The van der Waals surface area contributed by atoms with Gasteiger partial charge in [-0.05, 0) is 51.7 Å². The zero-order valence-electron chi connectivity index (χ0n) is 20.1. The molecule has 5 nitrogen and oxygen atoms in total. The van der Waals surface area contributed by atoms with Crippen LogP contribution < -0.4 is 9.47 Å². The van der Waals surface area contributed by atoms with E-state index in [2.05, 4.69) is 13.8 Å². The summed E-state index contributed by atoms with van der Waals surface area (Å²) in [6, 6.07) is 6.20. The van der Waals surface area contributed by atoms with Crippen molar-refractivity contribution >= 4 is 5.69 Å². The molecular weight excluding hydrogens is 461 g/mol. The zero-order chi connectivity index (χ0) is 26.3. The monoisotopic (exact) mass is 491 g/mol. The lowest BCUT2D eigenvalue weighted by molar-refractivity contribution is -0.384. The molecule has 0 aliphatic rings. The van der Waals surface area contributed by atoms with Crippen LogP contribution in [0.5, 0.6) is 11.5 Å². The van der Waals surface area contributed by atoms with Crippen molar-refractivity contribution in [1.29, 1.82) is 0 Å². The fourth-order valence-corrected chi connectivity index (χ4v) is 2.63. The number of non-ortho nitro benzene ring substituents is 1. The molecule has 0 fully saturated rings. The van der Waals surface area contributed by atoms with Gasteiger partial charge in [0.1, 0.15) is 17.0 Å². The van der Waals surface area contributed by atoms with E-state index in [0.29, 0.717) is 18.6 Å². The standard InChI is InChI=1S/C12H13F5O.C12H17NO3/c1-4-12(3,5-2)18-11-9(16)7(14)6(13)8(15)10(11)17;1-4-12(3,5-2)16-11-8-6-10(7-9-11)13(14)15/h4-5H2,1-3H3;6-9H,4-5H2,1-3H3. The van der Waals surface area contributed by atoms with Crippen molar-refractivity contribution in [3.63, 3.8) is 0 Å². The summed E-state index contributed by atoms with van der Waals surface area (Å²) < 4.78 is 76.2. The average Bonchev–Trinajstić information content (AvgIpc) is 2.84. The van der Waals surface area contributed by atoms with E-state index in [1.807, 2.05) is 6.92 Å². The fourth-order valence-electron chi connectivity index (χ4n) is 2.63. The van der Waals surface area contributed by atoms with E-state index in [4.69, 9.17) is 9.47 Å². The minimum atomic E-state index is -2.19.